The lowest BCUT2D eigenvalue weighted by atomic mass is 9.79. The number of rotatable bonds is 6. The number of nitrogens with zero attached hydrogens (tertiary/aromatic N) is 3. The van der Waals surface area contributed by atoms with Gasteiger partial charge < -0.3 is 9.47 Å². The van der Waals surface area contributed by atoms with Crippen LogP contribution >= 0.6 is 0 Å². The lowest BCUT2D eigenvalue weighted by molar-refractivity contribution is 0.0864. The lowest BCUT2D eigenvalue weighted by Gasteiger charge is -2.40. The van der Waals surface area contributed by atoms with Crippen molar-refractivity contribution in [3.05, 3.63) is 53.7 Å². The number of hydrogen-bond donors (Lipinski definition) is 0. The average molecular weight is 382 g/mol. The Morgan fingerprint density at radius 3 is 2.64 bits per heavy atom. The summed E-state index contributed by atoms with van der Waals surface area (Å²) in [5, 5.41) is 0. The molecule has 2 aliphatic rings. The van der Waals surface area contributed by atoms with Crippen molar-refractivity contribution < 1.29 is 9.47 Å². The van der Waals surface area contributed by atoms with Crippen molar-refractivity contribution in [1.29, 1.82) is 0 Å². The van der Waals surface area contributed by atoms with Crippen LogP contribution in [0.25, 0.3) is 0 Å². The zero-order chi connectivity index (χ0) is 19.4. The second kappa shape index (κ2) is 8.50. The lowest BCUT2D eigenvalue weighted by Crippen LogP contribution is -2.44. The van der Waals surface area contributed by atoms with E-state index in [2.05, 4.69) is 39.0 Å². The van der Waals surface area contributed by atoms with Gasteiger partial charge in [0.25, 0.3) is 0 Å². The van der Waals surface area contributed by atoms with Gasteiger partial charge >= 0.3 is 0 Å². The highest BCUT2D eigenvalue weighted by Crippen LogP contribution is 2.40. The van der Waals surface area contributed by atoms with E-state index in [1.807, 2.05) is 12.1 Å². The molecule has 1 atom stereocenters. The molecular formula is C23H31N3O2. The van der Waals surface area contributed by atoms with E-state index < -0.39 is 0 Å². The van der Waals surface area contributed by atoms with Gasteiger partial charge in [0.1, 0.15) is 5.75 Å². The smallest absolute Gasteiger partial charge is 0.217 e. The molecule has 0 N–H and O–H groups in total. The second-order valence-electron chi connectivity index (χ2n) is 8.30. The van der Waals surface area contributed by atoms with Gasteiger partial charge in [-0.3, -0.25) is 9.80 Å². The van der Waals surface area contributed by atoms with Gasteiger partial charge in [0.05, 0.1) is 14.2 Å². The first-order chi connectivity index (χ1) is 13.7. The zero-order valence-electron chi connectivity index (χ0n) is 17.1. The fraction of sp³-hybridized carbons (Fsp3) is 0.522. The van der Waals surface area contributed by atoms with Gasteiger partial charge in [-0.1, -0.05) is 18.2 Å². The molecule has 4 rings (SSSR count). The highest BCUT2D eigenvalue weighted by atomic mass is 16.5. The summed E-state index contributed by atoms with van der Waals surface area (Å²) in [6.45, 7) is 6.63. The highest BCUT2D eigenvalue weighted by molar-refractivity contribution is 5.28. The Bertz CT molecular complexity index is 797. The van der Waals surface area contributed by atoms with Crippen molar-refractivity contribution >= 4 is 0 Å². The molecular weight excluding hydrogens is 350 g/mol. The van der Waals surface area contributed by atoms with Crippen molar-refractivity contribution in [1.82, 2.24) is 14.8 Å². The molecule has 2 saturated heterocycles. The molecule has 1 unspecified atom stereocenters. The van der Waals surface area contributed by atoms with Crippen LogP contribution in [0.5, 0.6) is 11.6 Å². The van der Waals surface area contributed by atoms with Crippen molar-refractivity contribution in [2.24, 2.45) is 5.41 Å². The topological polar surface area (TPSA) is 37.8 Å². The van der Waals surface area contributed by atoms with E-state index in [4.69, 9.17) is 9.47 Å². The van der Waals surface area contributed by atoms with Crippen LogP contribution < -0.4 is 9.47 Å². The van der Waals surface area contributed by atoms with Crippen LogP contribution in [-0.2, 0) is 13.1 Å². The third-order valence-electron chi connectivity index (χ3n) is 6.24. The largest absolute Gasteiger partial charge is 0.497 e. The van der Waals surface area contributed by atoms with Crippen LogP contribution in [0.1, 0.15) is 30.4 Å². The van der Waals surface area contributed by atoms with Crippen molar-refractivity contribution in [2.45, 2.75) is 32.4 Å². The molecule has 150 valence electrons. The monoisotopic (exact) mass is 381 g/mol. The van der Waals surface area contributed by atoms with Gasteiger partial charge in [-0.25, -0.2) is 4.98 Å². The molecule has 28 heavy (non-hydrogen) atoms. The molecule has 2 fully saturated rings. The Morgan fingerprint density at radius 2 is 1.82 bits per heavy atom. The van der Waals surface area contributed by atoms with Gasteiger partial charge in [0, 0.05) is 37.9 Å². The minimum atomic E-state index is 0.423. The van der Waals surface area contributed by atoms with E-state index in [1.165, 1.54) is 50.0 Å². The number of ether oxygens (including phenoxy) is 2. The van der Waals surface area contributed by atoms with Crippen molar-refractivity contribution in [3.63, 3.8) is 0 Å². The average Bonchev–Trinajstić information content (AvgIpc) is 3.10. The molecule has 0 aliphatic carbocycles. The number of aromatic nitrogens is 1. The fourth-order valence-corrected chi connectivity index (χ4v) is 4.94. The molecule has 0 bridgehead atoms. The van der Waals surface area contributed by atoms with Gasteiger partial charge in [-0.2, -0.15) is 0 Å². The molecule has 5 nitrogen and oxygen atoms in total. The molecule has 5 heteroatoms. The van der Waals surface area contributed by atoms with E-state index in [1.54, 1.807) is 20.4 Å². The van der Waals surface area contributed by atoms with Crippen LogP contribution in [0.2, 0.25) is 0 Å². The number of piperidine rings is 1. The van der Waals surface area contributed by atoms with E-state index >= 15 is 0 Å². The third kappa shape index (κ3) is 4.31. The molecule has 0 saturated carbocycles. The van der Waals surface area contributed by atoms with Gasteiger partial charge in [0.15, 0.2) is 0 Å². The highest BCUT2D eigenvalue weighted by Gasteiger charge is 2.41. The summed E-state index contributed by atoms with van der Waals surface area (Å²) in [6, 6.07) is 12.6. The summed E-state index contributed by atoms with van der Waals surface area (Å²) in [5.41, 5.74) is 2.95. The Morgan fingerprint density at radius 1 is 0.964 bits per heavy atom. The summed E-state index contributed by atoms with van der Waals surface area (Å²) in [4.78, 5) is 9.56. The Balaban J connectivity index is 1.38. The van der Waals surface area contributed by atoms with E-state index in [0.29, 0.717) is 5.41 Å². The quantitative estimate of drug-likeness (QED) is 0.765. The number of pyridine rings is 1. The van der Waals surface area contributed by atoms with Crippen LogP contribution in [0.4, 0.5) is 0 Å². The first kappa shape index (κ1) is 19.2. The van der Waals surface area contributed by atoms with Gasteiger partial charge in [-0.15, -0.1) is 0 Å². The minimum Gasteiger partial charge on any atom is -0.497 e. The van der Waals surface area contributed by atoms with E-state index in [-0.39, 0.29) is 0 Å². The van der Waals surface area contributed by atoms with Crippen LogP contribution in [0.3, 0.4) is 0 Å². The molecule has 0 radical (unpaired) electrons. The predicted octanol–water partition coefficient (Wildman–Crippen LogP) is 3.59. The third-order valence-corrected chi connectivity index (χ3v) is 6.24. The van der Waals surface area contributed by atoms with E-state index in [9.17, 15) is 0 Å². The first-order valence-corrected chi connectivity index (χ1v) is 10.3. The SMILES string of the molecule is COc1cccc(CN2CCCC3(CCN(Cc4cccnc4OC)C3)C2)c1. The molecule has 1 aromatic carbocycles. The summed E-state index contributed by atoms with van der Waals surface area (Å²) < 4.78 is 10.8. The van der Waals surface area contributed by atoms with Crippen LogP contribution in [0.15, 0.2) is 42.6 Å². The van der Waals surface area contributed by atoms with Crippen LogP contribution in [-0.4, -0.2) is 55.2 Å². The summed E-state index contributed by atoms with van der Waals surface area (Å²) in [5.74, 6) is 1.70. The maximum atomic E-state index is 5.44. The first-order valence-electron chi connectivity index (χ1n) is 10.3. The molecule has 0 amide bonds. The normalized spacial score (nSPS) is 23.2. The van der Waals surface area contributed by atoms with Crippen molar-refractivity contribution in [3.8, 4) is 11.6 Å². The van der Waals surface area contributed by atoms with Gasteiger partial charge in [-0.05, 0) is 61.5 Å². The maximum absolute atomic E-state index is 5.44. The molecule has 2 aliphatic heterocycles. The second-order valence-corrected chi connectivity index (χ2v) is 8.30. The molecule has 3 heterocycles. The summed E-state index contributed by atoms with van der Waals surface area (Å²) in [7, 11) is 3.44. The Labute approximate surface area is 168 Å². The molecule has 1 spiro atoms. The maximum Gasteiger partial charge on any atom is 0.217 e. The number of methoxy groups -OCH3 is 2. The Hall–Kier alpha value is -2.11. The van der Waals surface area contributed by atoms with Crippen molar-refractivity contribution in [2.75, 3.05) is 40.4 Å². The zero-order valence-corrected chi connectivity index (χ0v) is 17.1. The summed E-state index contributed by atoms with van der Waals surface area (Å²) >= 11 is 0. The standard InChI is InChI=1S/C23H31N3O2/c1-27-21-8-3-6-19(14-21)15-25-12-5-9-23(17-25)10-13-26(18-23)16-20-7-4-11-24-22(20)28-2/h3-4,6-8,11,14H,5,9-10,12-13,15-18H2,1-2H3. The molecule has 2 aromatic rings. The van der Waals surface area contributed by atoms with Gasteiger partial charge in [0.2, 0.25) is 5.88 Å². The summed E-state index contributed by atoms with van der Waals surface area (Å²) in [6.07, 6.45) is 5.70. The van der Waals surface area contributed by atoms with Crippen LogP contribution in [0, 0.1) is 5.41 Å². The predicted molar refractivity (Wildman–Crippen MR) is 111 cm³/mol. The van der Waals surface area contributed by atoms with E-state index in [0.717, 1.165) is 31.3 Å². The fourth-order valence-electron chi connectivity index (χ4n) is 4.94. The Kier molecular flexibility index (Phi) is 5.83. The number of likely N-dealkylation sites (tertiary alicyclic amines) is 2. The minimum absolute atomic E-state index is 0.423. The number of benzene rings is 1. The number of hydrogen-bond acceptors (Lipinski definition) is 5. The molecule has 1 aromatic heterocycles.